The number of amides is 2. The Kier molecular flexibility index (Phi) is 7.73. The molecule has 0 aliphatic carbocycles. The Morgan fingerprint density at radius 1 is 0.848 bits per heavy atom. The van der Waals surface area contributed by atoms with Gasteiger partial charge in [0.05, 0.1) is 21.2 Å². The minimum absolute atomic E-state index is 0.126. The van der Waals surface area contributed by atoms with E-state index in [1.165, 1.54) is 18.2 Å². The molecule has 9 heteroatoms. The van der Waals surface area contributed by atoms with Gasteiger partial charge in [-0.2, -0.15) is 0 Å². The summed E-state index contributed by atoms with van der Waals surface area (Å²) in [4.78, 5) is 25.7. The molecule has 3 rings (SSSR count). The number of hydrogen-bond acceptors (Lipinski definition) is 4. The van der Waals surface area contributed by atoms with Crippen LogP contribution in [0.15, 0.2) is 83.8 Å². The second-order valence-corrected chi connectivity index (χ2v) is 9.75. The molecular formula is C24H24ClN3O4S. The summed E-state index contributed by atoms with van der Waals surface area (Å²) in [5.41, 5.74) is 0.943. The van der Waals surface area contributed by atoms with Gasteiger partial charge in [0, 0.05) is 5.69 Å². The number of benzene rings is 3. The summed E-state index contributed by atoms with van der Waals surface area (Å²) in [6.45, 7) is 3.61. The second-order valence-electron chi connectivity index (χ2n) is 7.66. The van der Waals surface area contributed by atoms with E-state index in [0.29, 0.717) is 5.69 Å². The molecule has 0 radical (unpaired) electrons. The van der Waals surface area contributed by atoms with Crippen molar-refractivity contribution < 1.29 is 18.0 Å². The van der Waals surface area contributed by atoms with Crippen molar-refractivity contribution >= 4 is 44.8 Å². The summed E-state index contributed by atoms with van der Waals surface area (Å²) in [5.74, 6) is -1.11. The van der Waals surface area contributed by atoms with Gasteiger partial charge in [-0.1, -0.05) is 61.8 Å². The standard InChI is InChI=1S/C24H24ClN3O4S/c1-16(2)22(27-23(29)20-13-6-7-14-21(20)25)24(30)26-17-9-8-10-18(15-17)28-33(31,32)19-11-4-3-5-12-19/h3-16,22,28H,1-2H3,(H,26,30)(H,27,29). The number of hydrogen-bond donors (Lipinski definition) is 3. The fourth-order valence-electron chi connectivity index (χ4n) is 3.09. The van der Waals surface area contributed by atoms with Crippen molar-refractivity contribution in [3.63, 3.8) is 0 Å². The highest BCUT2D eigenvalue weighted by atomic mass is 35.5. The van der Waals surface area contributed by atoms with Crippen molar-refractivity contribution in [2.24, 2.45) is 5.92 Å². The minimum atomic E-state index is -3.77. The molecule has 0 aromatic heterocycles. The van der Waals surface area contributed by atoms with Gasteiger partial charge in [-0.05, 0) is 48.4 Å². The molecule has 0 saturated heterocycles. The van der Waals surface area contributed by atoms with Gasteiger partial charge in [0.15, 0.2) is 0 Å². The number of carbonyl (C=O) groups excluding carboxylic acids is 2. The highest BCUT2D eigenvalue weighted by Gasteiger charge is 2.25. The Labute approximate surface area is 198 Å². The van der Waals surface area contributed by atoms with E-state index in [1.54, 1.807) is 60.7 Å². The number of nitrogens with one attached hydrogen (secondary N) is 3. The van der Waals surface area contributed by atoms with Crippen LogP contribution in [0.4, 0.5) is 11.4 Å². The number of anilines is 2. The molecule has 0 spiro atoms. The van der Waals surface area contributed by atoms with Crippen LogP contribution in [0.3, 0.4) is 0 Å². The summed E-state index contributed by atoms with van der Waals surface area (Å²) >= 11 is 6.09. The van der Waals surface area contributed by atoms with Crippen LogP contribution in [0.5, 0.6) is 0 Å². The second kappa shape index (κ2) is 10.5. The molecule has 0 bridgehead atoms. The monoisotopic (exact) mass is 485 g/mol. The molecule has 0 saturated carbocycles. The Balaban J connectivity index is 1.73. The van der Waals surface area contributed by atoms with Crippen molar-refractivity contribution in [3.05, 3.63) is 89.4 Å². The lowest BCUT2D eigenvalue weighted by Gasteiger charge is -2.22. The molecule has 3 aromatic carbocycles. The van der Waals surface area contributed by atoms with Crippen LogP contribution in [0.1, 0.15) is 24.2 Å². The first-order valence-corrected chi connectivity index (χ1v) is 12.1. The molecule has 3 N–H and O–H groups in total. The zero-order valence-corrected chi connectivity index (χ0v) is 19.7. The lowest BCUT2D eigenvalue weighted by Crippen LogP contribution is -2.47. The average molecular weight is 486 g/mol. The Bertz CT molecular complexity index is 1250. The third-order valence-corrected chi connectivity index (χ3v) is 6.52. The third kappa shape index (κ3) is 6.34. The highest BCUT2D eigenvalue weighted by Crippen LogP contribution is 2.21. The molecule has 1 atom stereocenters. The molecule has 1 unspecified atom stereocenters. The van der Waals surface area contributed by atoms with Crippen molar-refractivity contribution in [2.75, 3.05) is 10.0 Å². The number of halogens is 1. The van der Waals surface area contributed by atoms with E-state index in [4.69, 9.17) is 11.6 Å². The van der Waals surface area contributed by atoms with Crippen LogP contribution in [-0.4, -0.2) is 26.3 Å². The molecule has 0 heterocycles. The van der Waals surface area contributed by atoms with E-state index in [2.05, 4.69) is 15.4 Å². The van der Waals surface area contributed by atoms with E-state index in [1.807, 2.05) is 13.8 Å². The minimum Gasteiger partial charge on any atom is -0.340 e. The summed E-state index contributed by atoms with van der Waals surface area (Å²) in [6, 6.07) is 20.0. The topological polar surface area (TPSA) is 104 Å². The molecule has 7 nitrogen and oxygen atoms in total. The molecule has 3 aromatic rings. The predicted molar refractivity (Wildman–Crippen MR) is 130 cm³/mol. The van der Waals surface area contributed by atoms with Crippen molar-refractivity contribution in [1.82, 2.24) is 5.32 Å². The fraction of sp³-hybridized carbons (Fsp3) is 0.167. The molecule has 0 fully saturated rings. The van der Waals surface area contributed by atoms with E-state index < -0.39 is 27.9 Å². The van der Waals surface area contributed by atoms with Crippen molar-refractivity contribution in [3.8, 4) is 0 Å². The van der Waals surface area contributed by atoms with Crippen LogP contribution in [0.2, 0.25) is 5.02 Å². The number of rotatable bonds is 8. The number of carbonyl (C=O) groups is 2. The lowest BCUT2D eigenvalue weighted by molar-refractivity contribution is -0.118. The SMILES string of the molecule is CC(C)C(NC(=O)c1ccccc1Cl)C(=O)Nc1cccc(NS(=O)(=O)c2ccccc2)c1. The van der Waals surface area contributed by atoms with Gasteiger partial charge >= 0.3 is 0 Å². The van der Waals surface area contributed by atoms with Gasteiger partial charge in [-0.25, -0.2) is 8.42 Å². The van der Waals surface area contributed by atoms with Crippen LogP contribution in [0, 0.1) is 5.92 Å². The maximum absolute atomic E-state index is 12.9. The smallest absolute Gasteiger partial charge is 0.261 e. The first kappa shape index (κ1) is 24.3. The Morgan fingerprint density at radius 3 is 2.15 bits per heavy atom. The van der Waals surface area contributed by atoms with E-state index in [0.717, 1.165) is 0 Å². The Morgan fingerprint density at radius 2 is 1.48 bits per heavy atom. The number of sulfonamides is 1. The predicted octanol–water partition coefficient (Wildman–Crippen LogP) is 4.53. The zero-order chi connectivity index (χ0) is 24.0. The quantitative estimate of drug-likeness (QED) is 0.436. The van der Waals surface area contributed by atoms with Gasteiger partial charge in [0.25, 0.3) is 15.9 Å². The van der Waals surface area contributed by atoms with Gasteiger partial charge < -0.3 is 10.6 Å². The van der Waals surface area contributed by atoms with Gasteiger partial charge in [0.1, 0.15) is 6.04 Å². The van der Waals surface area contributed by atoms with Crippen molar-refractivity contribution in [2.45, 2.75) is 24.8 Å². The summed E-state index contributed by atoms with van der Waals surface area (Å²) in [5, 5.41) is 5.75. The van der Waals surface area contributed by atoms with Gasteiger partial charge in [-0.3, -0.25) is 14.3 Å². The highest BCUT2D eigenvalue weighted by molar-refractivity contribution is 7.92. The Hall–Kier alpha value is -3.36. The molecule has 33 heavy (non-hydrogen) atoms. The van der Waals surface area contributed by atoms with Crippen molar-refractivity contribution in [1.29, 1.82) is 0 Å². The molecule has 172 valence electrons. The molecule has 0 aliphatic rings. The van der Waals surface area contributed by atoms with Crippen LogP contribution in [-0.2, 0) is 14.8 Å². The maximum Gasteiger partial charge on any atom is 0.261 e. The average Bonchev–Trinajstić information content (AvgIpc) is 2.78. The van der Waals surface area contributed by atoms with Crippen LogP contribution in [0.25, 0.3) is 0 Å². The summed E-state index contributed by atoms with van der Waals surface area (Å²) in [6.07, 6.45) is 0. The first-order chi connectivity index (χ1) is 15.7. The zero-order valence-electron chi connectivity index (χ0n) is 18.1. The van der Waals surface area contributed by atoms with Gasteiger partial charge in [-0.15, -0.1) is 0 Å². The first-order valence-electron chi connectivity index (χ1n) is 10.2. The molecule has 0 aliphatic heterocycles. The largest absolute Gasteiger partial charge is 0.340 e. The van der Waals surface area contributed by atoms with E-state index in [9.17, 15) is 18.0 Å². The third-order valence-electron chi connectivity index (χ3n) is 4.79. The van der Waals surface area contributed by atoms with E-state index >= 15 is 0 Å². The van der Waals surface area contributed by atoms with Crippen LogP contribution >= 0.6 is 11.6 Å². The fourth-order valence-corrected chi connectivity index (χ4v) is 4.39. The normalized spacial score (nSPS) is 12.1. The lowest BCUT2D eigenvalue weighted by atomic mass is 10.0. The maximum atomic E-state index is 12.9. The van der Waals surface area contributed by atoms with Gasteiger partial charge in [0.2, 0.25) is 5.91 Å². The summed E-state index contributed by atoms with van der Waals surface area (Å²) < 4.78 is 27.6. The molecular weight excluding hydrogens is 462 g/mol. The van der Waals surface area contributed by atoms with Crippen LogP contribution < -0.4 is 15.4 Å². The summed E-state index contributed by atoms with van der Waals surface area (Å²) in [7, 11) is -3.77. The molecule has 2 amide bonds. The van der Waals surface area contributed by atoms with E-state index in [-0.39, 0.29) is 27.1 Å².